The summed E-state index contributed by atoms with van der Waals surface area (Å²) in [6.45, 7) is 4.85. The first kappa shape index (κ1) is 10.0. The molecule has 0 aliphatic carbocycles. The largest absolute Gasteiger partial charge is 0.370 e. The quantitative estimate of drug-likeness (QED) is 0.862. The van der Waals surface area contributed by atoms with E-state index < -0.39 is 0 Å². The first-order valence-electron chi connectivity index (χ1n) is 4.77. The Bertz CT molecular complexity index is 439. The molecule has 0 aliphatic heterocycles. The van der Waals surface area contributed by atoms with Crippen molar-refractivity contribution in [3.63, 3.8) is 0 Å². The number of thiazole rings is 1. The third kappa shape index (κ3) is 2.30. The van der Waals surface area contributed by atoms with Gasteiger partial charge in [-0.1, -0.05) is 0 Å². The Morgan fingerprint density at radius 2 is 2.27 bits per heavy atom. The molecule has 5 heteroatoms. The molecular weight excluding hydrogens is 208 g/mol. The molecule has 1 N–H and O–H groups in total. The number of hydrogen-bond donors (Lipinski definition) is 1. The van der Waals surface area contributed by atoms with E-state index >= 15 is 0 Å². The van der Waals surface area contributed by atoms with Crippen molar-refractivity contribution in [3.8, 4) is 11.5 Å². The molecule has 0 aliphatic rings. The molecule has 0 spiro atoms. The van der Waals surface area contributed by atoms with Crippen LogP contribution in [0, 0.1) is 6.92 Å². The van der Waals surface area contributed by atoms with E-state index in [1.165, 1.54) is 0 Å². The second-order valence-corrected chi connectivity index (χ2v) is 3.84. The Kier molecular flexibility index (Phi) is 2.91. The van der Waals surface area contributed by atoms with E-state index in [2.05, 4.69) is 20.3 Å². The van der Waals surface area contributed by atoms with Crippen LogP contribution >= 0.6 is 11.3 Å². The fraction of sp³-hybridized carbons (Fsp3) is 0.300. The van der Waals surface area contributed by atoms with Gasteiger partial charge >= 0.3 is 0 Å². The number of aryl methyl sites for hydroxylation is 1. The maximum atomic E-state index is 4.39. The van der Waals surface area contributed by atoms with Crippen molar-refractivity contribution in [2.45, 2.75) is 13.8 Å². The fourth-order valence-electron chi connectivity index (χ4n) is 1.28. The molecule has 0 radical (unpaired) electrons. The Balaban J connectivity index is 2.40. The Morgan fingerprint density at radius 3 is 2.93 bits per heavy atom. The average Bonchev–Trinajstić information content (AvgIpc) is 2.70. The molecule has 0 unspecified atom stereocenters. The van der Waals surface area contributed by atoms with Crippen molar-refractivity contribution in [2.24, 2.45) is 0 Å². The summed E-state index contributed by atoms with van der Waals surface area (Å²) in [5, 5.41) is 5.12. The summed E-state index contributed by atoms with van der Waals surface area (Å²) in [5.41, 5.74) is 3.57. The van der Waals surface area contributed by atoms with Crippen molar-refractivity contribution in [1.29, 1.82) is 0 Å². The summed E-state index contributed by atoms with van der Waals surface area (Å²) in [6.07, 6.45) is 0. The Hall–Kier alpha value is -1.49. The minimum absolute atomic E-state index is 0.687. The third-order valence-corrected chi connectivity index (χ3v) is 2.46. The summed E-state index contributed by atoms with van der Waals surface area (Å²) < 4.78 is 0. The van der Waals surface area contributed by atoms with Gasteiger partial charge in [0.05, 0.1) is 5.51 Å². The van der Waals surface area contributed by atoms with Crippen LogP contribution in [-0.4, -0.2) is 21.5 Å². The van der Waals surface area contributed by atoms with Crippen LogP contribution < -0.4 is 5.32 Å². The topological polar surface area (TPSA) is 50.7 Å². The van der Waals surface area contributed by atoms with Crippen molar-refractivity contribution < 1.29 is 0 Å². The molecule has 0 aromatic carbocycles. The van der Waals surface area contributed by atoms with Crippen molar-refractivity contribution in [3.05, 3.63) is 22.7 Å². The van der Waals surface area contributed by atoms with Crippen LogP contribution in [0.2, 0.25) is 0 Å². The molecule has 2 aromatic heterocycles. The second kappa shape index (κ2) is 4.35. The van der Waals surface area contributed by atoms with Crippen molar-refractivity contribution in [2.75, 3.05) is 11.9 Å². The average molecular weight is 220 g/mol. The van der Waals surface area contributed by atoms with Crippen LogP contribution in [0.15, 0.2) is 17.0 Å². The number of anilines is 1. The Labute approximate surface area is 92.4 Å². The zero-order chi connectivity index (χ0) is 10.7. The number of hydrogen-bond acceptors (Lipinski definition) is 5. The van der Waals surface area contributed by atoms with Gasteiger partial charge in [0.2, 0.25) is 0 Å². The van der Waals surface area contributed by atoms with E-state index in [-0.39, 0.29) is 0 Å². The third-order valence-electron chi connectivity index (χ3n) is 1.87. The predicted molar refractivity (Wildman–Crippen MR) is 62.0 cm³/mol. The summed E-state index contributed by atoms with van der Waals surface area (Å²) in [7, 11) is 0. The smallest absolute Gasteiger partial charge is 0.181 e. The lowest BCUT2D eigenvalue weighted by Gasteiger charge is -2.04. The molecule has 2 rings (SSSR count). The van der Waals surface area contributed by atoms with E-state index in [4.69, 9.17) is 0 Å². The van der Waals surface area contributed by atoms with Crippen LogP contribution in [0.25, 0.3) is 11.5 Å². The van der Waals surface area contributed by atoms with E-state index in [1.807, 2.05) is 25.3 Å². The second-order valence-electron chi connectivity index (χ2n) is 3.12. The van der Waals surface area contributed by atoms with Gasteiger partial charge in [0.15, 0.2) is 5.82 Å². The van der Waals surface area contributed by atoms with Gasteiger partial charge in [-0.25, -0.2) is 15.0 Å². The molecule has 15 heavy (non-hydrogen) atoms. The maximum absolute atomic E-state index is 4.39. The number of aromatic nitrogens is 3. The first-order valence-corrected chi connectivity index (χ1v) is 5.72. The number of nitrogens with one attached hydrogen (secondary N) is 1. The summed E-state index contributed by atoms with van der Waals surface area (Å²) in [6, 6.07) is 1.93. The molecule has 0 fully saturated rings. The number of nitrogens with zero attached hydrogens (tertiary/aromatic N) is 3. The molecule has 2 heterocycles. The molecule has 0 bridgehead atoms. The van der Waals surface area contributed by atoms with Gasteiger partial charge in [-0.2, -0.15) is 0 Å². The van der Waals surface area contributed by atoms with Crippen LogP contribution in [0.3, 0.4) is 0 Å². The summed E-state index contributed by atoms with van der Waals surface area (Å²) >= 11 is 1.55. The predicted octanol–water partition coefficient (Wildman–Crippen LogP) is 2.34. The molecule has 4 nitrogen and oxygen atoms in total. The van der Waals surface area contributed by atoms with E-state index in [0.29, 0.717) is 5.82 Å². The number of rotatable bonds is 3. The minimum atomic E-state index is 0.687. The monoisotopic (exact) mass is 220 g/mol. The highest BCUT2D eigenvalue weighted by molar-refractivity contribution is 7.07. The Morgan fingerprint density at radius 1 is 1.40 bits per heavy atom. The zero-order valence-corrected chi connectivity index (χ0v) is 9.51. The van der Waals surface area contributed by atoms with Gasteiger partial charge in [0, 0.05) is 23.7 Å². The van der Waals surface area contributed by atoms with Crippen LogP contribution in [-0.2, 0) is 0 Å². The van der Waals surface area contributed by atoms with Gasteiger partial charge < -0.3 is 5.32 Å². The van der Waals surface area contributed by atoms with Crippen LogP contribution in [0.4, 0.5) is 5.82 Å². The van der Waals surface area contributed by atoms with E-state index in [9.17, 15) is 0 Å². The summed E-state index contributed by atoms with van der Waals surface area (Å²) in [4.78, 5) is 12.9. The molecule has 0 saturated carbocycles. The first-order chi connectivity index (χ1) is 7.29. The minimum Gasteiger partial charge on any atom is -0.370 e. The fourth-order valence-corrected chi connectivity index (χ4v) is 1.81. The maximum Gasteiger partial charge on any atom is 0.181 e. The molecule has 2 aromatic rings. The lowest BCUT2D eigenvalue weighted by atomic mass is 10.3. The van der Waals surface area contributed by atoms with E-state index in [0.717, 1.165) is 23.8 Å². The van der Waals surface area contributed by atoms with Gasteiger partial charge in [-0.15, -0.1) is 11.3 Å². The highest BCUT2D eigenvalue weighted by atomic mass is 32.1. The van der Waals surface area contributed by atoms with Crippen molar-refractivity contribution >= 4 is 17.2 Å². The van der Waals surface area contributed by atoms with Gasteiger partial charge in [-0.3, -0.25) is 0 Å². The standard InChI is InChI=1S/C10H12N4S/c1-3-11-9-4-7(2)13-10(14-9)8-5-15-6-12-8/h4-6H,3H2,1-2H3,(H,11,13,14). The molecule has 0 amide bonds. The van der Waals surface area contributed by atoms with Gasteiger partial charge in [0.25, 0.3) is 0 Å². The van der Waals surface area contributed by atoms with Gasteiger partial charge in [-0.05, 0) is 13.8 Å². The normalized spacial score (nSPS) is 10.3. The van der Waals surface area contributed by atoms with Gasteiger partial charge in [0.1, 0.15) is 11.5 Å². The van der Waals surface area contributed by atoms with Crippen LogP contribution in [0.5, 0.6) is 0 Å². The zero-order valence-electron chi connectivity index (χ0n) is 8.69. The summed E-state index contributed by atoms with van der Waals surface area (Å²) in [5.74, 6) is 1.54. The van der Waals surface area contributed by atoms with E-state index in [1.54, 1.807) is 16.8 Å². The molecule has 0 atom stereocenters. The van der Waals surface area contributed by atoms with Crippen LogP contribution in [0.1, 0.15) is 12.6 Å². The lowest BCUT2D eigenvalue weighted by Crippen LogP contribution is -2.02. The highest BCUT2D eigenvalue weighted by Crippen LogP contribution is 2.17. The molecule has 0 saturated heterocycles. The van der Waals surface area contributed by atoms with Crippen molar-refractivity contribution in [1.82, 2.24) is 15.0 Å². The molecular formula is C10H12N4S. The lowest BCUT2D eigenvalue weighted by molar-refractivity contribution is 1.07. The SMILES string of the molecule is CCNc1cc(C)nc(-c2cscn2)n1. The molecule has 78 valence electrons. The highest BCUT2D eigenvalue weighted by Gasteiger charge is 2.05.